The fraction of sp³-hybridized carbons (Fsp3) is 0. The standard InChI is InChI=1S/C22H15Cl2N3S/c23-18-12-10-15(11-13-18)20-21(16-6-2-1-3-7-16)28-22(26-20)27-25-14-17-8-4-5-9-19(17)24/h1-14H,(H,26,27)/b25-14-. The highest BCUT2D eigenvalue weighted by Gasteiger charge is 2.14. The first-order chi connectivity index (χ1) is 13.7. The third kappa shape index (κ3) is 4.25. The van der Waals surface area contributed by atoms with E-state index in [0.717, 1.165) is 27.3 Å². The number of thiazole rings is 1. The second-order valence-corrected chi connectivity index (χ2v) is 7.80. The van der Waals surface area contributed by atoms with Gasteiger partial charge in [-0.25, -0.2) is 4.98 Å². The van der Waals surface area contributed by atoms with Crippen LogP contribution >= 0.6 is 34.5 Å². The van der Waals surface area contributed by atoms with Gasteiger partial charge in [0.2, 0.25) is 5.13 Å². The highest BCUT2D eigenvalue weighted by Crippen LogP contribution is 2.39. The van der Waals surface area contributed by atoms with E-state index >= 15 is 0 Å². The van der Waals surface area contributed by atoms with E-state index in [0.29, 0.717) is 15.2 Å². The molecule has 4 aromatic rings. The molecule has 138 valence electrons. The number of anilines is 1. The quantitative estimate of drug-likeness (QED) is 0.271. The Kier molecular flexibility index (Phi) is 5.72. The maximum absolute atomic E-state index is 6.17. The summed E-state index contributed by atoms with van der Waals surface area (Å²) in [6.45, 7) is 0. The van der Waals surface area contributed by atoms with Gasteiger partial charge in [-0.2, -0.15) is 5.10 Å². The Morgan fingerprint density at radius 2 is 1.54 bits per heavy atom. The molecule has 3 nitrogen and oxygen atoms in total. The average molecular weight is 424 g/mol. The zero-order valence-corrected chi connectivity index (χ0v) is 17.0. The number of rotatable bonds is 5. The molecule has 0 spiro atoms. The molecule has 0 fully saturated rings. The average Bonchev–Trinajstić information content (AvgIpc) is 3.15. The number of nitrogens with one attached hydrogen (secondary N) is 1. The van der Waals surface area contributed by atoms with E-state index in [-0.39, 0.29) is 0 Å². The number of benzene rings is 3. The molecule has 0 saturated heterocycles. The molecule has 1 N–H and O–H groups in total. The SMILES string of the molecule is Clc1ccc(-c2nc(N/N=C\c3ccccc3Cl)sc2-c2ccccc2)cc1. The van der Waals surface area contributed by atoms with E-state index in [9.17, 15) is 0 Å². The van der Waals surface area contributed by atoms with Gasteiger partial charge in [0.05, 0.1) is 16.8 Å². The predicted octanol–water partition coefficient (Wildman–Crippen LogP) is 7.23. The fourth-order valence-corrected chi connectivity index (χ4v) is 3.95. The van der Waals surface area contributed by atoms with Gasteiger partial charge in [-0.05, 0) is 23.8 Å². The van der Waals surface area contributed by atoms with Crippen molar-refractivity contribution in [2.45, 2.75) is 0 Å². The third-order valence-corrected chi connectivity index (χ3v) is 5.66. The van der Waals surface area contributed by atoms with Gasteiger partial charge in [-0.1, -0.05) is 95.2 Å². The summed E-state index contributed by atoms with van der Waals surface area (Å²) in [4.78, 5) is 5.83. The van der Waals surface area contributed by atoms with Crippen LogP contribution in [0.5, 0.6) is 0 Å². The van der Waals surface area contributed by atoms with E-state index in [1.165, 1.54) is 0 Å². The topological polar surface area (TPSA) is 37.3 Å². The smallest absolute Gasteiger partial charge is 0.204 e. The third-order valence-electron chi connectivity index (χ3n) is 4.05. The van der Waals surface area contributed by atoms with Crippen molar-refractivity contribution in [1.29, 1.82) is 0 Å². The van der Waals surface area contributed by atoms with E-state index in [4.69, 9.17) is 28.2 Å². The van der Waals surface area contributed by atoms with Crippen molar-refractivity contribution in [3.63, 3.8) is 0 Å². The molecule has 1 heterocycles. The Balaban J connectivity index is 1.67. The molecule has 0 aliphatic carbocycles. The Hall–Kier alpha value is -2.66. The molecule has 0 bridgehead atoms. The minimum Gasteiger partial charge on any atom is -0.253 e. The van der Waals surface area contributed by atoms with Crippen LogP contribution in [-0.2, 0) is 0 Å². The Morgan fingerprint density at radius 3 is 2.29 bits per heavy atom. The van der Waals surface area contributed by atoms with Gasteiger partial charge >= 0.3 is 0 Å². The van der Waals surface area contributed by atoms with Crippen LogP contribution in [0.1, 0.15) is 5.56 Å². The van der Waals surface area contributed by atoms with E-state index in [1.54, 1.807) is 17.6 Å². The Morgan fingerprint density at radius 1 is 0.821 bits per heavy atom. The molecule has 0 unspecified atom stereocenters. The minimum absolute atomic E-state index is 0.652. The molecule has 1 aromatic heterocycles. The molecular weight excluding hydrogens is 409 g/mol. The zero-order valence-electron chi connectivity index (χ0n) is 14.6. The van der Waals surface area contributed by atoms with Gasteiger partial charge < -0.3 is 0 Å². The van der Waals surface area contributed by atoms with Crippen LogP contribution in [0.2, 0.25) is 10.0 Å². The van der Waals surface area contributed by atoms with Crippen LogP contribution in [0.3, 0.4) is 0 Å². The molecule has 0 radical (unpaired) electrons. The van der Waals surface area contributed by atoms with Crippen LogP contribution < -0.4 is 5.43 Å². The maximum Gasteiger partial charge on any atom is 0.204 e. The highest BCUT2D eigenvalue weighted by atomic mass is 35.5. The van der Waals surface area contributed by atoms with Gasteiger partial charge in [0, 0.05) is 21.2 Å². The molecule has 6 heteroatoms. The summed E-state index contributed by atoms with van der Waals surface area (Å²) in [6.07, 6.45) is 1.69. The van der Waals surface area contributed by atoms with E-state index in [1.807, 2.05) is 66.7 Å². The molecule has 0 aliphatic rings. The lowest BCUT2D eigenvalue weighted by Gasteiger charge is -2.02. The lowest BCUT2D eigenvalue weighted by molar-refractivity contribution is 1.29. The van der Waals surface area contributed by atoms with Gasteiger partial charge in [0.15, 0.2) is 0 Å². The summed E-state index contributed by atoms with van der Waals surface area (Å²) < 4.78 is 0. The summed E-state index contributed by atoms with van der Waals surface area (Å²) in [5.41, 5.74) is 6.87. The molecule has 0 amide bonds. The van der Waals surface area contributed by atoms with Crippen LogP contribution in [0.15, 0.2) is 84.0 Å². The second kappa shape index (κ2) is 8.57. The largest absolute Gasteiger partial charge is 0.253 e. The second-order valence-electron chi connectivity index (χ2n) is 5.96. The lowest BCUT2D eigenvalue weighted by Crippen LogP contribution is -1.90. The van der Waals surface area contributed by atoms with Crippen LogP contribution in [0.25, 0.3) is 21.7 Å². The number of nitrogens with zero attached hydrogens (tertiary/aromatic N) is 2. The summed E-state index contributed by atoms with van der Waals surface area (Å²) in [7, 11) is 0. The molecule has 0 saturated carbocycles. The molecule has 0 aliphatic heterocycles. The summed E-state index contributed by atoms with van der Waals surface area (Å²) in [5.74, 6) is 0. The summed E-state index contributed by atoms with van der Waals surface area (Å²) >= 11 is 13.8. The molecule has 3 aromatic carbocycles. The van der Waals surface area contributed by atoms with Crippen molar-refractivity contribution in [3.8, 4) is 21.7 Å². The van der Waals surface area contributed by atoms with E-state index < -0.39 is 0 Å². The predicted molar refractivity (Wildman–Crippen MR) is 121 cm³/mol. The number of aromatic nitrogens is 1. The fourth-order valence-electron chi connectivity index (χ4n) is 2.69. The zero-order chi connectivity index (χ0) is 19.3. The van der Waals surface area contributed by atoms with Crippen molar-refractivity contribution >= 4 is 45.9 Å². The van der Waals surface area contributed by atoms with Crippen LogP contribution in [0, 0.1) is 0 Å². The highest BCUT2D eigenvalue weighted by molar-refractivity contribution is 7.19. The van der Waals surface area contributed by atoms with Gasteiger partial charge in [-0.3, -0.25) is 5.43 Å². The van der Waals surface area contributed by atoms with Crippen LogP contribution in [0.4, 0.5) is 5.13 Å². The number of hydrazone groups is 1. The number of hydrogen-bond donors (Lipinski definition) is 1. The normalized spacial score (nSPS) is 11.1. The van der Waals surface area contributed by atoms with E-state index in [2.05, 4.69) is 22.7 Å². The Bertz CT molecular complexity index is 1110. The minimum atomic E-state index is 0.652. The van der Waals surface area contributed by atoms with Crippen molar-refractivity contribution < 1.29 is 0 Å². The van der Waals surface area contributed by atoms with Crippen molar-refractivity contribution in [3.05, 3.63) is 94.5 Å². The van der Waals surface area contributed by atoms with Crippen molar-refractivity contribution in [1.82, 2.24) is 4.98 Å². The van der Waals surface area contributed by atoms with Crippen molar-refractivity contribution in [2.24, 2.45) is 5.10 Å². The molecule has 28 heavy (non-hydrogen) atoms. The van der Waals surface area contributed by atoms with Gasteiger partial charge in [-0.15, -0.1) is 0 Å². The Labute approximate surface area is 177 Å². The lowest BCUT2D eigenvalue weighted by atomic mass is 10.1. The van der Waals surface area contributed by atoms with Crippen LogP contribution in [-0.4, -0.2) is 11.2 Å². The molecule has 0 atom stereocenters. The van der Waals surface area contributed by atoms with Gasteiger partial charge in [0.1, 0.15) is 0 Å². The van der Waals surface area contributed by atoms with Gasteiger partial charge in [0.25, 0.3) is 0 Å². The first kappa shape index (κ1) is 18.7. The number of halogens is 2. The first-order valence-electron chi connectivity index (χ1n) is 8.56. The molecular formula is C22H15Cl2N3S. The maximum atomic E-state index is 6.17. The summed E-state index contributed by atoms with van der Waals surface area (Å²) in [6, 6.07) is 25.4. The molecule has 4 rings (SSSR count). The number of hydrogen-bond acceptors (Lipinski definition) is 4. The van der Waals surface area contributed by atoms with Crippen molar-refractivity contribution in [2.75, 3.05) is 5.43 Å². The summed E-state index contributed by atoms with van der Waals surface area (Å²) in [5, 5.41) is 6.35. The first-order valence-corrected chi connectivity index (χ1v) is 10.1. The monoisotopic (exact) mass is 423 g/mol.